The molecule has 32 heavy (non-hydrogen) atoms. The summed E-state index contributed by atoms with van der Waals surface area (Å²) in [6.45, 7) is 1.54. The molecule has 0 spiro atoms. The Hall–Kier alpha value is -2.78. The lowest BCUT2D eigenvalue weighted by atomic mass is 10.1. The van der Waals surface area contributed by atoms with E-state index in [2.05, 4.69) is 15.0 Å². The summed E-state index contributed by atoms with van der Waals surface area (Å²) in [5, 5.41) is 13.4. The zero-order valence-corrected chi connectivity index (χ0v) is 19.0. The first-order valence-corrected chi connectivity index (χ1v) is 12.0. The van der Waals surface area contributed by atoms with E-state index in [9.17, 15) is 13.5 Å². The van der Waals surface area contributed by atoms with Crippen molar-refractivity contribution in [2.75, 3.05) is 31.4 Å². The van der Waals surface area contributed by atoms with Gasteiger partial charge in [0.15, 0.2) is 0 Å². The van der Waals surface area contributed by atoms with Gasteiger partial charge in [-0.3, -0.25) is 9.71 Å². The third kappa shape index (κ3) is 7.42. The van der Waals surface area contributed by atoms with Crippen LogP contribution in [0.4, 0.5) is 5.69 Å². The predicted molar refractivity (Wildman–Crippen MR) is 128 cm³/mol. The number of rotatable bonds is 12. The summed E-state index contributed by atoms with van der Waals surface area (Å²) in [7, 11) is -2.04. The van der Waals surface area contributed by atoms with Crippen molar-refractivity contribution < 1.29 is 13.5 Å². The van der Waals surface area contributed by atoms with Crippen LogP contribution >= 0.6 is 0 Å². The van der Waals surface area contributed by atoms with Crippen LogP contribution in [-0.2, 0) is 23.1 Å². The smallest absolute Gasteiger partial charge is 0.301 e. The number of likely N-dealkylation sites (N-methyl/N-ethyl adjacent to an activating group) is 1. The average molecular weight is 455 g/mol. The fraction of sp³-hybridized carbons (Fsp3) is 0.292. The molecule has 8 heteroatoms. The van der Waals surface area contributed by atoms with Gasteiger partial charge in [-0.05, 0) is 48.7 Å². The number of aliphatic hydroxyl groups excluding tert-OH is 1. The second-order valence-electron chi connectivity index (χ2n) is 7.62. The van der Waals surface area contributed by atoms with Crippen LogP contribution in [0.5, 0.6) is 0 Å². The predicted octanol–water partition coefficient (Wildman–Crippen LogP) is 2.78. The number of hydrogen-bond acceptors (Lipinski definition) is 5. The highest BCUT2D eigenvalue weighted by Crippen LogP contribution is 2.14. The quantitative estimate of drug-likeness (QED) is 0.366. The number of aromatic nitrogens is 1. The second kappa shape index (κ2) is 11.7. The number of nitrogens with zero attached hydrogens (tertiary/aromatic N) is 2. The molecule has 2 aromatic carbocycles. The Bertz CT molecular complexity index is 1050. The minimum Gasteiger partial charge on any atom is -0.387 e. The number of nitrogens with one attached hydrogen (secondary N) is 2. The standard InChI is InChI=1S/C24H30N4O3S/c1-28(17-14-20-6-3-2-4-7-20)32(30,31)27-23-11-9-21(10-12-23)13-16-26-19-24(29)22-8-5-15-25-18-22/h2-12,15,18,24,26-27,29H,13-14,16-17,19H2,1H3/t24-/m0/s1. The summed E-state index contributed by atoms with van der Waals surface area (Å²) in [5.74, 6) is 0. The Morgan fingerprint density at radius 1 is 0.969 bits per heavy atom. The Morgan fingerprint density at radius 3 is 2.38 bits per heavy atom. The molecule has 0 fully saturated rings. The van der Waals surface area contributed by atoms with Crippen molar-refractivity contribution in [3.63, 3.8) is 0 Å². The molecule has 3 aromatic rings. The van der Waals surface area contributed by atoms with E-state index in [1.165, 1.54) is 4.31 Å². The van der Waals surface area contributed by atoms with E-state index in [0.717, 1.165) is 23.1 Å². The van der Waals surface area contributed by atoms with Gasteiger partial charge >= 0.3 is 10.2 Å². The first kappa shape index (κ1) is 23.9. The van der Waals surface area contributed by atoms with Crippen molar-refractivity contribution in [2.24, 2.45) is 0 Å². The average Bonchev–Trinajstić information content (AvgIpc) is 2.82. The summed E-state index contributed by atoms with van der Waals surface area (Å²) in [6.07, 6.45) is 4.16. The van der Waals surface area contributed by atoms with Gasteiger partial charge in [-0.2, -0.15) is 12.7 Å². The van der Waals surface area contributed by atoms with E-state index in [0.29, 0.717) is 31.7 Å². The summed E-state index contributed by atoms with van der Waals surface area (Å²) in [4.78, 5) is 4.01. The molecule has 0 aliphatic rings. The highest BCUT2D eigenvalue weighted by molar-refractivity contribution is 7.90. The van der Waals surface area contributed by atoms with Gasteiger partial charge in [0.2, 0.25) is 0 Å². The second-order valence-corrected chi connectivity index (χ2v) is 9.40. The molecule has 0 unspecified atom stereocenters. The van der Waals surface area contributed by atoms with Crippen molar-refractivity contribution in [3.8, 4) is 0 Å². The third-order valence-corrected chi connectivity index (χ3v) is 6.66. The zero-order valence-electron chi connectivity index (χ0n) is 18.2. The molecule has 1 aromatic heterocycles. The van der Waals surface area contributed by atoms with Crippen molar-refractivity contribution in [3.05, 3.63) is 95.8 Å². The third-order valence-electron chi connectivity index (χ3n) is 5.17. The molecule has 1 heterocycles. The van der Waals surface area contributed by atoms with E-state index in [4.69, 9.17) is 0 Å². The van der Waals surface area contributed by atoms with Crippen LogP contribution in [0.15, 0.2) is 79.1 Å². The summed E-state index contributed by atoms with van der Waals surface area (Å²) in [5.41, 5.74) is 3.49. The molecule has 0 aliphatic heterocycles. The van der Waals surface area contributed by atoms with Crippen LogP contribution in [0.3, 0.4) is 0 Å². The van der Waals surface area contributed by atoms with Crippen LogP contribution in [0.25, 0.3) is 0 Å². The molecule has 3 rings (SSSR count). The Balaban J connectivity index is 1.42. The topological polar surface area (TPSA) is 94.6 Å². The summed E-state index contributed by atoms with van der Waals surface area (Å²) < 4.78 is 29.1. The van der Waals surface area contributed by atoms with Crippen LogP contribution in [0.2, 0.25) is 0 Å². The molecule has 170 valence electrons. The Morgan fingerprint density at radius 2 is 1.69 bits per heavy atom. The van der Waals surface area contributed by atoms with Gasteiger partial charge in [0, 0.05) is 43.8 Å². The Kier molecular flexibility index (Phi) is 8.75. The van der Waals surface area contributed by atoms with Gasteiger partial charge in [-0.1, -0.05) is 48.5 Å². The van der Waals surface area contributed by atoms with Crippen LogP contribution in [-0.4, -0.2) is 49.5 Å². The van der Waals surface area contributed by atoms with Crippen molar-refractivity contribution in [1.82, 2.24) is 14.6 Å². The van der Waals surface area contributed by atoms with Crippen molar-refractivity contribution >= 4 is 15.9 Å². The molecule has 3 N–H and O–H groups in total. The molecule has 0 bridgehead atoms. The molecule has 7 nitrogen and oxygen atoms in total. The lowest BCUT2D eigenvalue weighted by Gasteiger charge is -2.18. The minimum absolute atomic E-state index is 0.397. The molecule has 1 atom stereocenters. The number of benzene rings is 2. The molecule has 0 saturated carbocycles. The Labute approximate surface area is 190 Å². The van der Waals surface area contributed by atoms with Gasteiger partial charge in [0.05, 0.1) is 6.10 Å². The van der Waals surface area contributed by atoms with E-state index in [-0.39, 0.29) is 0 Å². The van der Waals surface area contributed by atoms with E-state index >= 15 is 0 Å². The van der Waals surface area contributed by atoms with Crippen molar-refractivity contribution in [2.45, 2.75) is 18.9 Å². The van der Waals surface area contributed by atoms with Gasteiger partial charge in [0.25, 0.3) is 0 Å². The SMILES string of the molecule is CN(CCc1ccccc1)S(=O)(=O)Nc1ccc(CCNC[C@H](O)c2cccnc2)cc1. The van der Waals surface area contributed by atoms with Gasteiger partial charge in [-0.15, -0.1) is 0 Å². The number of anilines is 1. The van der Waals surface area contributed by atoms with Crippen LogP contribution < -0.4 is 10.0 Å². The lowest BCUT2D eigenvalue weighted by Crippen LogP contribution is -2.34. The highest BCUT2D eigenvalue weighted by Gasteiger charge is 2.17. The number of aliphatic hydroxyl groups is 1. The molecule has 0 radical (unpaired) electrons. The van der Waals surface area contributed by atoms with Crippen LogP contribution in [0.1, 0.15) is 22.8 Å². The fourth-order valence-electron chi connectivity index (χ4n) is 3.18. The van der Waals surface area contributed by atoms with E-state index < -0.39 is 16.3 Å². The van der Waals surface area contributed by atoms with Gasteiger partial charge in [-0.25, -0.2) is 0 Å². The summed E-state index contributed by atoms with van der Waals surface area (Å²) in [6, 6.07) is 20.8. The maximum Gasteiger partial charge on any atom is 0.301 e. The van der Waals surface area contributed by atoms with E-state index in [1.54, 1.807) is 37.6 Å². The minimum atomic E-state index is -3.62. The summed E-state index contributed by atoms with van der Waals surface area (Å²) >= 11 is 0. The van der Waals surface area contributed by atoms with E-state index in [1.807, 2.05) is 48.5 Å². The van der Waals surface area contributed by atoms with Crippen LogP contribution in [0, 0.1) is 0 Å². The monoisotopic (exact) mass is 454 g/mol. The number of pyridine rings is 1. The maximum atomic E-state index is 12.6. The van der Waals surface area contributed by atoms with Gasteiger partial charge in [0.1, 0.15) is 0 Å². The molecule has 0 saturated heterocycles. The maximum absolute atomic E-state index is 12.6. The molecular weight excluding hydrogens is 424 g/mol. The van der Waals surface area contributed by atoms with Gasteiger partial charge < -0.3 is 10.4 Å². The molecule has 0 amide bonds. The largest absolute Gasteiger partial charge is 0.387 e. The molecule has 0 aliphatic carbocycles. The highest BCUT2D eigenvalue weighted by atomic mass is 32.2. The first-order chi connectivity index (χ1) is 15.4. The first-order valence-electron chi connectivity index (χ1n) is 10.6. The fourth-order valence-corrected chi connectivity index (χ4v) is 4.10. The number of hydrogen-bond donors (Lipinski definition) is 3. The molecular formula is C24H30N4O3S. The zero-order chi connectivity index (χ0) is 22.8. The van der Waals surface area contributed by atoms with Crippen molar-refractivity contribution in [1.29, 1.82) is 0 Å². The normalized spacial score (nSPS) is 12.6. The lowest BCUT2D eigenvalue weighted by molar-refractivity contribution is 0.174.